The summed E-state index contributed by atoms with van der Waals surface area (Å²) in [5.74, 6) is -0.702. The van der Waals surface area contributed by atoms with Gasteiger partial charge in [0.05, 0.1) is 12.2 Å². The Morgan fingerprint density at radius 2 is 2.04 bits per heavy atom. The zero-order valence-corrected chi connectivity index (χ0v) is 15.0. The third kappa shape index (κ3) is 5.20. The topological polar surface area (TPSA) is 64.1 Å². The zero-order valence-electron chi connectivity index (χ0n) is 15.0. The Balaban J connectivity index is 1.64. The molecular weight excluding hydrogens is 364 g/mol. The van der Waals surface area contributed by atoms with Gasteiger partial charge in [-0.25, -0.2) is 13.8 Å². The Morgan fingerprint density at radius 3 is 2.82 bits per heavy atom. The summed E-state index contributed by atoms with van der Waals surface area (Å²) in [4.78, 5) is 20.1. The van der Waals surface area contributed by atoms with Crippen LogP contribution in [-0.4, -0.2) is 15.9 Å². The van der Waals surface area contributed by atoms with Crippen LogP contribution in [0.2, 0.25) is 0 Å². The molecular formula is C21H17F2N3O2. The lowest BCUT2D eigenvalue weighted by Gasteiger charge is -2.14. The third-order valence-electron chi connectivity index (χ3n) is 3.85. The number of nitrogens with one attached hydrogen (secondary N) is 1. The lowest BCUT2D eigenvalue weighted by atomic mass is 10.1. The Hall–Kier alpha value is -3.61. The van der Waals surface area contributed by atoms with Crippen LogP contribution < -0.4 is 10.1 Å². The molecule has 0 spiro atoms. The summed E-state index contributed by atoms with van der Waals surface area (Å²) in [5.41, 5.74) is 0.808. The van der Waals surface area contributed by atoms with Crippen molar-refractivity contribution in [3.63, 3.8) is 0 Å². The van der Waals surface area contributed by atoms with Gasteiger partial charge in [-0.2, -0.15) is 0 Å². The van der Waals surface area contributed by atoms with Crippen LogP contribution in [0.5, 0.6) is 11.6 Å². The molecule has 7 heteroatoms. The highest BCUT2D eigenvalue weighted by Gasteiger charge is 2.10. The summed E-state index contributed by atoms with van der Waals surface area (Å²) in [6.45, 7) is 1.80. The number of benzene rings is 2. The zero-order chi connectivity index (χ0) is 19.9. The van der Waals surface area contributed by atoms with E-state index in [1.54, 1.807) is 31.3 Å². The first kappa shape index (κ1) is 19.2. The van der Waals surface area contributed by atoms with Crippen molar-refractivity contribution in [1.29, 1.82) is 0 Å². The van der Waals surface area contributed by atoms with Crippen molar-refractivity contribution in [2.24, 2.45) is 0 Å². The molecule has 0 aliphatic carbocycles. The quantitative estimate of drug-likeness (QED) is 0.641. The molecule has 142 valence electrons. The molecule has 1 amide bonds. The molecule has 0 aliphatic rings. The van der Waals surface area contributed by atoms with Crippen molar-refractivity contribution >= 4 is 12.0 Å². The summed E-state index contributed by atoms with van der Waals surface area (Å²) < 4.78 is 32.4. The van der Waals surface area contributed by atoms with E-state index in [0.29, 0.717) is 11.6 Å². The van der Waals surface area contributed by atoms with Crippen LogP contribution in [0.25, 0.3) is 6.08 Å². The standard InChI is InChI=1S/C21H17F2N3O2/c1-14(26-20(27)8-5-16-11-17(22)6-7-19(16)23)15-3-2-4-18(12-15)28-21-13-24-9-10-25-21/h2-14H,1H3,(H,26,27)/t14-/m0/s1. The lowest BCUT2D eigenvalue weighted by Crippen LogP contribution is -2.24. The predicted molar refractivity (Wildman–Crippen MR) is 100 cm³/mol. The van der Waals surface area contributed by atoms with Gasteiger partial charge in [-0.3, -0.25) is 9.78 Å². The van der Waals surface area contributed by atoms with Gasteiger partial charge in [-0.05, 0) is 48.9 Å². The maximum absolute atomic E-state index is 13.6. The molecule has 1 heterocycles. The number of rotatable bonds is 6. The van der Waals surface area contributed by atoms with Crippen LogP contribution in [-0.2, 0) is 4.79 Å². The van der Waals surface area contributed by atoms with E-state index in [2.05, 4.69) is 15.3 Å². The second kappa shape index (κ2) is 8.85. The molecule has 3 aromatic rings. The van der Waals surface area contributed by atoms with E-state index < -0.39 is 17.5 Å². The van der Waals surface area contributed by atoms with Crippen LogP contribution in [0.3, 0.4) is 0 Å². The van der Waals surface area contributed by atoms with E-state index in [0.717, 1.165) is 29.8 Å². The fourth-order valence-electron chi connectivity index (χ4n) is 2.46. The number of halogens is 2. The molecule has 0 saturated carbocycles. The van der Waals surface area contributed by atoms with Gasteiger partial charge >= 0.3 is 0 Å². The average molecular weight is 381 g/mol. The first-order valence-corrected chi connectivity index (χ1v) is 8.49. The van der Waals surface area contributed by atoms with Crippen molar-refractivity contribution < 1.29 is 18.3 Å². The molecule has 0 unspecified atom stereocenters. The molecule has 0 bridgehead atoms. The van der Waals surface area contributed by atoms with Crippen molar-refractivity contribution in [2.45, 2.75) is 13.0 Å². The minimum Gasteiger partial charge on any atom is -0.437 e. The van der Waals surface area contributed by atoms with Gasteiger partial charge in [0.25, 0.3) is 0 Å². The highest BCUT2D eigenvalue weighted by molar-refractivity contribution is 5.92. The van der Waals surface area contributed by atoms with Crippen LogP contribution in [0.15, 0.2) is 67.1 Å². The highest BCUT2D eigenvalue weighted by Crippen LogP contribution is 2.23. The van der Waals surface area contributed by atoms with E-state index in [4.69, 9.17) is 4.74 Å². The molecule has 3 rings (SSSR count). The van der Waals surface area contributed by atoms with Gasteiger partial charge in [0.1, 0.15) is 17.4 Å². The molecule has 5 nitrogen and oxygen atoms in total. The smallest absolute Gasteiger partial charge is 0.244 e. The van der Waals surface area contributed by atoms with E-state index in [9.17, 15) is 13.6 Å². The third-order valence-corrected chi connectivity index (χ3v) is 3.85. The first-order valence-electron chi connectivity index (χ1n) is 8.49. The highest BCUT2D eigenvalue weighted by atomic mass is 19.1. The first-order chi connectivity index (χ1) is 13.5. The lowest BCUT2D eigenvalue weighted by molar-refractivity contribution is -0.117. The minimum atomic E-state index is -0.604. The number of hydrogen-bond donors (Lipinski definition) is 1. The van der Waals surface area contributed by atoms with Crippen LogP contribution in [0.1, 0.15) is 24.1 Å². The number of aromatic nitrogens is 2. The molecule has 1 aromatic heterocycles. The van der Waals surface area contributed by atoms with Crippen LogP contribution in [0, 0.1) is 11.6 Å². The van der Waals surface area contributed by atoms with Gasteiger partial charge in [-0.15, -0.1) is 0 Å². The number of hydrogen-bond acceptors (Lipinski definition) is 4. The summed E-state index contributed by atoms with van der Waals surface area (Å²) in [6.07, 6.45) is 6.95. The largest absolute Gasteiger partial charge is 0.437 e. The number of nitrogens with zero attached hydrogens (tertiary/aromatic N) is 2. The summed E-state index contributed by atoms with van der Waals surface area (Å²) in [5, 5.41) is 2.77. The van der Waals surface area contributed by atoms with E-state index in [-0.39, 0.29) is 11.6 Å². The summed E-state index contributed by atoms with van der Waals surface area (Å²) >= 11 is 0. The van der Waals surface area contributed by atoms with E-state index in [1.807, 2.05) is 6.07 Å². The second-order valence-corrected chi connectivity index (χ2v) is 5.95. The Morgan fingerprint density at radius 1 is 1.18 bits per heavy atom. The summed E-state index contributed by atoms with van der Waals surface area (Å²) in [7, 11) is 0. The second-order valence-electron chi connectivity index (χ2n) is 5.95. The SMILES string of the molecule is C[C@H](NC(=O)C=Cc1cc(F)ccc1F)c1cccc(Oc2cnccn2)c1. The summed E-state index contributed by atoms with van der Waals surface area (Å²) in [6, 6.07) is 9.89. The fourth-order valence-corrected chi connectivity index (χ4v) is 2.46. The maximum atomic E-state index is 13.6. The van der Waals surface area contributed by atoms with Gasteiger partial charge < -0.3 is 10.1 Å². The van der Waals surface area contributed by atoms with Crippen LogP contribution >= 0.6 is 0 Å². The van der Waals surface area contributed by atoms with Gasteiger partial charge in [0, 0.05) is 24.0 Å². The van der Waals surface area contributed by atoms with E-state index in [1.165, 1.54) is 18.5 Å². The van der Waals surface area contributed by atoms with Crippen molar-refractivity contribution in [2.75, 3.05) is 0 Å². The predicted octanol–water partition coefficient (Wildman–Crippen LogP) is 4.44. The van der Waals surface area contributed by atoms with Crippen LogP contribution in [0.4, 0.5) is 8.78 Å². The number of ether oxygens (including phenoxy) is 1. The van der Waals surface area contributed by atoms with Crippen molar-refractivity contribution in [3.8, 4) is 11.6 Å². The molecule has 0 aliphatic heterocycles. The number of amides is 1. The molecule has 0 saturated heterocycles. The molecule has 1 N–H and O–H groups in total. The van der Waals surface area contributed by atoms with Gasteiger partial charge in [0.2, 0.25) is 11.8 Å². The minimum absolute atomic E-state index is 0.00201. The monoisotopic (exact) mass is 381 g/mol. The molecule has 2 aromatic carbocycles. The van der Waals surface area contributed by atoms with E-state index >= 15 is 0 Å². The number of carbonyl (C=O) groups excluding carboxylic acids is 1. The van der Waals surface area contributed by atoms with Gasteiger partial charge in [0.15, 0.2) is 0 Å². The van der Waals surface area contributed by atoms with Gasteiger partial charge in [-0.1, -0.05) is 12.1 Å². The Bertz CT molecular complexity index is 994. The molecule has 28 heavy (non-hydrogen) atoms. The average Bonchev–Trinajstić information content (AvgIpc) is 2.69. The fraction of sp³-hybridized carbons (Fsp3) is 0.0952. The van der Waals surface area contributed by atoms with Crippen molar-refractivity contribution in [3.05, 3.63) is 89.9 Å². The molecule has 1 atom stereocenters. The Labute approximate surface area is 160 Å². The molecule has 0 fully saturated rings. The normalized spacial score (nSPS) is 12.0. The maximum Gasteiger partial charge on any atom is 0.244 e. The molecule has 0 radical (unpaired) electrons. The van der Waals surface area contributed by atoms with Crippen molar-refractivity contribution in [1.82, 2.24) is 15.3 Å². The number of carbonyl (C=O) groups is 1. The Kier molecular flexibility index (Phi) is 6.06.